The molecule has 3 rings (SSSR count). The van der Waals surface area contributed by atoms with Gasteiger partial charge in [0.05, 0.1) is 18.7 Å². The zero-order valence-corrected chi connectivity index (χ0v) is 19.2. The number of anilines is 1. The molecule has 7 nitrogen and oxygen atoms in total. The number of carbonyl (C=O) groups excluding carboxylic acids is 3. The third-order valence-electron chi connectivity index (χ3n) is 5.70. The number of likely N-dealkylation sites (N-methyl/N-ethyl adjacent to an activating group) is 1. The van der Waals surface area contributed by atoms with Crippen LogP contribution >= 0.6 is 0 Å². The Morgan fingerprint density at radius 2 is 1.88 bits per heavy atom. The number of hydrogen-bond donors (Lipinski definition) is 2. The second-order valence-electron chi connectivity index (χ2n) is 8.21. The molecule has 33 heavy (non-hydrogen) atoms. The molecular formula is C26H31N3O4. The highest BCUT2D eigenvalue weighted by Crippen LogP contribution is 2.18. The van der Waals surface area contributed by atoms with Crippen molar-refractivity contribution in [1.82, 2.24) is 10.2 Å². The third kappa shape index (κ3) is 7.29. The van der Waals surface area contributed by atoms with Gasteiger partial charge >= 0.3 is 5.97 Å². The van der Waals surface area contributed by atoms with Crippen molar-refractivity contribution in [2.75, 3.05) is 26.0 Å². The maximum Gasteiger partial charge on any atom is 0.337 e. The zero-order valence-electron chi connectivity index (χ0n) is 19.2. The van der Waals surface area contributed by atoms with Gasteiger partial charge in [0, 0.05) is 18.3 Å². The van der Waals surface area contributed by atoms with Crippen LogP contribution in [-0.2, 0) is 20.9 Å². The largest absolute Gasteiger partial charge is 0.465 e. The Bertz CT molecular complexity index is 1000. The Balaban J connectivity index is 1.70. The van der Waals surface area contributed by atoms with Crippen molar-refractivity contribution < 1.29 is 19.1 Å². The van der Waals surface area contributed by atoms with Gasteiger partial charge in [-0.05, 0) is 61.8 Å². The van der Waals surface area contributed by atoms with Gasteiger partial charge in [-0.3, -0.25) is 14.5 Å². The zero-order chi connectivity index (χ0) is 23.6. The lowest BCUT2D eigenvalue weighted by Crippen LogP contribution is -2.44. The van der Waals surface area contributed by atoms with Gasteiger partial charge in [0.15, 0.2) is 0 Å². The number of likely N-dealkylation sites (tertiary alicyclic amines) is 1. The lowest BCUT2D eigenvalue weighted by atomic mass is 10.1. The van der Waals surface area contributed by atoms with Crippen molar-refractivity contribution >= 4 is 29.5 Å². The number of nitrogens with zero attached hydrogens (tertiary/aromatic N) is 1. The van der Waals surface area contributed by atoms with Crippen LogP contribution in [0.3, 0.4) is 0 Å². The van der Waals surface area contributed by atoms with Gasteiger partial charge in [-0.25, -0.2) is 4.79 Å². The van der Waals surface area contributed by atoms with Crippen molar-refractivity contribution in [2.24, 2.45) is 0 Å². The number of carbonyl (C=O) groups is 3. The van der Waals surface area contributed by atoms with Crippen molar-refractivity contribution in [3.63, 3.8) is 0 Å². The molecule has 1 atom stereocenters. The van der Waals surface area contributed by atoms with Crippen LogP contribution in [0.1, 0.15) is 47.2 Å². The van der Waals surface area contributed by atoms with E-state index in [4.69, 9.17) is 4.74 Å². The summed E-state index contributed by atoms with van der Waals surface area (Å²) in [7, 11) is 3.28. The third-order valence-corrected chi connectivity index (χ3v) is 5.70. The van der Waals surface area contributed by atoms with Crippen LogP contribution in [-0.4, -0.2) is 49.4 Å². The maximum atomic E-state index is 12.8. The van der Waals surface area contributed by atoms with Gasteiger partial charge < -0.3 is 15.4 Å². The molecular weight excluding hydrogens is 418 g/mol. The molecule has 1 fully saturated rings. The summed E-state index contributed by atoms with van der Waals surface area (Å²) in [5.41, 5.74) is 2.36. The van der Waals surface area contributed by atoms with E-state index in [0.29, 0.717) is 16.8 Å². The van der Waals surface area contributed by atoms with E-state index in [2.05, 4.69) is 15.5 Å². The molecule has 1 saturated heterocycles. The predicted octanol–water partition coefficient (Wildman–Crippen LogP) is 3.62. The number of ether oxygens (including phenoxy) is 1. The summed E-state index contributed by atoms with van der Waals surface area (Å²) in [5, 5.41) is 5.76. The minimum Gasteiger partial charge on any atom is -0.465 e. The molecule has 0 spiro atoms. The molecule has 2 amide bonds. The fourth-order valence-corrected chi connectivity index (χ4v) is 3.91. The number of amides is 2. The Kier molecular flexibility index (Phi) is 8.78. The number of nitrogens with one attached hydrogen (secondary N) is 2. The van der Waals surface area contributed by atoms with Crippen molar-refractivity contribution in [1.29, 1.82) is 0 Å². The first kappa shape index (κ1) is 24.2. The first-order valence-corrected chi connectivity index (χ1v) is 11.2. The number of esters is 1. The molecule has 0 aliphatic carbocycles. The van der Waals surface area contributed by atoms with Crippen LogP contribution in [0.15, 0.2) is 54.6 Å². The molecule has 174 valence electrons. The average Bonchev–Trinajstić information content (AvgIpc) is 3.05. The van der Waals surface area contributed by atoms with Crippen molar-refractivity contribution in [3.8, 4) is 0 Å². The van der Waals surface area contributed by atoms with Crippen molar-refractivity contribution in [3.05, 3.63) is 71.3 Å². The summed E-state index contributed by atoms with van der Waals surface area (Å²) >= 11 is 0. The molecule has 0 unspecified atom stereocenters. The molecule has 1 aliphatic heterocycles. The van der Waals surface area contributed by atoms with Crippen molar-refractivity contribution in [2.45, 2.75) is 38.3 Å². The number of benzene rings is 2. The van der Waals surface area contributed by atoms with E-state index in [1.807, 2.05) is 37.4 Å². The quantitative estimate of drug-likeness (QED) is 0.498. The maximum absolute atomic E-state index is 12.8. The van der Waals surface area contributed by atoms with E-state index in [9.17, 15) is 14.4 Å². The first-order chi connectivity index (χ1) is 16.0. The smallest absolute Gasteiger partial charge is 0.337 e. The van der Waals surface area contributed by atoms with E-state index in [0.717, 1.165) is 37.8 Å². The van der Waals surface area contributed by atoms with Gasteiger partial charge in [0.1, 0.15) is 0 Å². The van der Waals surface area contributed by atoms with Crippen LogP contribution in [0.4, 0.5) is 5.69 Å². The van der Waals surface area contributed by atoms with Crippen LogP contribution in [0.2, 0.25) is 0 Å². The Labute approximate surface area is 194 Å². The van der Waals surface area contributed by atoms with Gasteiger partial charge in [-0.15, -0.1) is 0 Å². The highest BCUT2D eigenvalue weighted by atomic mass is 16.5. The number of rotatable bonds is 7. The van der Waals surface area contributed by atoms with E-state index >= 15 is 0 Å². The molecule has 2 aromatic carbocycles. The van der Waals surface area contributed by atoms with Gasteiger partial charge in [-0.2, -0.15) is 0 Å². The van der Waals surface area contributed by atoms with E-state index in [-0.39, 0.29) is 24.4 Å². The van der Waals surface area contributed by atoms with Crippen LogP contribution < -0.4 is 10.6 Å². The molecule has 0 radical (unpaired) electrons. The van der Waals surface area contributed by atoms with Gasteiger partial charge in [-0.1, -0.05) is 43.2 Å². The Hall–Kier alpha value is -3.45. The van der Waals surface area contributed by atoms with Gasteiger partial charge in [0.25, 0.3) is 0 Å². The lowest BCUT2D eigenvalue weighted by Gasteiger charge is -2.24. The Morgan fingerprint density at radius 1 is 1.09 bits per heavy atom. The lowest BCUT2D eigenvalue weighted by molar-refractivity contribution is -0.126. The number of hydrogen-bond acceptors (Lipinski definition) is 5. The van der Waals surface area contributed by atoms with Crippen LogP contribution in [0, 0.1) is 0 Å². The molecule has 1 heterocycles. The summed E-state index contributed by atoms with van der Waals surface area (Å²) in [6.45, 7) is 1.15. The van der Waals surface area contributed by atoms with Crippen LogP contribution in [0.25, 0.3) is 6.08 Å². The average molecular weight is 450 g/mol. The molecule has 0 aromatic heterocycles. The normalized spacial score (nSPS) is 16.7. The SMILES string of the molecule is COC(=O)c1cc(CNC(=O)[C@@H]2CCCCCN2C)cc(NC(=O)/C=C/c2ccccc2)c1. The minimum atomic E-state index is -0.512. The highest BCUT2D eigenvalue weighted by molar-refractivity contribution is 6.02. The van der Waals surface area contributed by atoms with E-state index in [1.165, 1.54) is 13.2 Å². The van der Waals surface area contributed by atoms with E-state index < -0.39 is 5.97 Å². The molecule has 0 bridgehead atoms. The fourth-order valence-electron chi connectivity index (χ4n) is 3.91. The summed E-state index contributed by atoms with van der Waals surface area (Å²) in [5.74, 6) is -0.864. The summed E-state index contributed by atoms with van der Waals surface area (Å²) in [6.07, 6.45) is 7.25. The van der Waals surface area contributed by atoms with Crippen LogP contribution in [0.5, 0.6) is 0 Å². The standard InChI is InChI=1S/C26H31N3O4/c1-29-14-8-4-7-11-23(29)25(31)27-18-20-15-21(26(32)33-2)17-22(16-20)28-24(30)13-12-19-9-5-3-6-10-19/h3,5-6,9-10,12-13,15-17,23H,4,7-8,11,14,18H2,1-2H3,(H,27,31)(H,28,30)/b13-12+/t23-/m0/s1. The first-order valence-electron chi connectivity index (χ1n) is 11.2. The Morgan fingerprint density at radius 3 is 2.64 bits per heavy atom. The molecule has 2 aromatic rings. The summed E-state index contributed by atoms with van der Waals surface area (Å²) in [4.78, 5) is 39.4. The minimum absolute atomic E-state index is 0.0285. The second kappa shape index (κ2) is 12.0. The van der Waals surface area contributed by atoms with E-state index in [1.54, 1.807) is 24.3 Å². The number of methoxy groups -OCH3 is 1. The predicted molar refractivity (Wildman–Crippen MR) is 129 cm³/mol. The summed E-state index contributed by atoms with van der Waals surface area (Å²) in [6, 6.07) is 14.3. The monoisotopic (exact) mass is 449 g/mol. The topological polar surface area (TPSA) is 87.7 Å². The van der Waals surface area contributed by atoms with Gasteiger partial charge in [0.2, 0.25) is 11.8 Å². The second-order valence-corrected chi connectivity index (χ2v) is 8.21. The highest BCUT2D eigenvalue weighted by Gasteiger charge is 2.24. The molecule has 0 saturated carbocycles. The fraction of sp³-hybridized carbons (Fsp3) is 0.346. The molecule has 1 aliphatic rings. The molecule has 2 N–H and O–H groups in total. The summed E-state index contributed by atoms with van der Waals surface area (Å²) < 4.78 is 4.85. The molecule has 7 heteroatoms.